The number of hydrogen-bond acceptors (Lipinski definition) is 5. The molecule has 2 aromatic rings. The van der Waals surface area contributed by atoms with Gasteiger partial charge in [0.2, 0.25) is 0 Å². The molecule has 1 atom stereocenters. The van der Waals surface area contributed by atoms with Crippen LogP contribution in [0.3, 0.4) is 0 Å². The molecule has 1 aliphatic rings. The highest BCUT2D eigenvalue weighted by Gasteiger charge is 2.24. The Morgan fingerprint density at radius 2 is 2.33 bits per heavy atom. The van der Waals surface area contributed by atoms with Gasteiger partial charge in [0.15, 0.2) is 12.4 Å². The maximum Gasteiger partial charge on any atom is 0.264 e. The summed E-state index contributed by atoms with van der Waals surface area (Å²) in [5.41, 5.74) is 2.67. The molecule has 5 heteroatoms. The van der Waals surface area contributed by atoms with Crippen molar-refractivity contribution in [1.29, 1.82) is 0 Å². The topological polar surface area (TPSA) is 60.2 Å². The number of hydrogen-bond donors (Lipinski definition) is 1. The Kier molecular flexibility index (Phi) is 4.20. The number of nitrogens with one attached hydrogen (secondary N) is 1. The second-order valence-electron chi connectivity index (χ2n) is 5.39. The van der Waals surface area contributed by atoms with Crippen LogP contribution in [0.1, 0.15) is 48.6 Å². The molecular weight excluding hydrogens is 266 g/mol. The molecule has 3 rings (SSSR count). The lowest BCUT2D eigenvalue weighted by Crippen LogP contribution is -2.19. The van der Waals surface area contributed by atoms with Crippen molar-refractivity contribution in [3.8, 4) is 5.75 Å². The molecule has 0 saturated heterocycles. The van der Waals surface area contributed by atoms with E-state index in [1.54, 1.807) is 6.92 Å². The van der Waals surface area contributed by atoms with Crippen LogP contribution >= 0.6 is 0 Å². The Labute approximate surface area is 124 Å². The monoisotopic (exact) mass is 287 g/mol. The molecule has 1 heterocycles. The first kappa shape index (κ1) is 14.1. The largest absolute Gasteiger partial charge is 0.483 e. The molecule has 0 bridgehead atoms. The zero-order valence-corrected chi connectivity index (χ0v) is 12.6. The van der Waals surface area contributed by atoms with E-state index in [0.29, 0.717) is 24.4 Å². The van der Waals surface area contributed by atoms with Crippen molar-refractivity contribution in [2.75, 3.05) is 6.54 Å². The van der Waals surface area contributed by atoms with Gasteiger partial charge in [0.25, 0.3) is 5.89 Å². The predicted octanol–water partition coefficient (Wildman–Crippen LogP) is 2.94. The molecule has 1 unspecified atom stereocenters. The third-order valence-electron chi connectivity index (χ3n) is 3.79. The number of nitrogens with zero attached hydrogens (tertiary/aromatic N) is 2. The van der Waals surface area contributed by atoms with E-state index < -0.39 is 0 Å². The van der Waals surface area contributed by atoms with Crippen LogP contribution < -0.4 is 10.1 Å². The van der Waals surface area contributed by atoms with Crippen molar-refractivity contribution >= 4 is 0 Å². The SMILES string of the molecule is CCCNC1CCc2c(OCc3nc(C)no3)cccc21. The Balaban J connectivity index is 1.71. The van der Waals surface area contributed by atoms with Gasteiger partial charge >= 0.3 is 0 Å². The van der Waals surface area contributed by atoms with Crippen molar-refractivity contribution in [3.05, 3.63) is 41.0 Å². The highest BCUT2D eigenvalue weighted by atomic mass is 16.5. The number of ether oxygens (including phenoxy) is 1. The summed E-state index contributed by atoms with van der Waals surface area (Å²) < 4.78 is 11.0. The molecule has 1 aromatic heterocycles. The third kappa shape index (κ3) is 3.08. The van der Waals surface area contributed by atoms with E-state index in [-0.39, 0.29) is 0 Å². The molecule has 1 aliphatic carbocycles. The summed E-state index contributed by atoms with van der Waals surface area (Å²) in [6.07, 6.45) is 3.34. The minimum atomic E-state index is 0.324. The Bertz CT molecular complexity index is 609. The molecule has 0 aliphatic heterocycles. The molecule has 0 amide bonds. The normalized spacial score (nSPS) is 17.0. The minimum Gasteiger partial charge on any atom is -0.483 e. The summed E-state index contributed by atoms with van der Waals surface area (Å²) in [6, 6.07) is 6.72. The van der Waals surface area contributed by atoms with E-state index in [2.05, 4.69) is 34.5 Å². The van der Waals surface area contributed by atoms with Gasteiger partial charge in [-0.15, -0.1) is 0 Å². The first-order chi connectivity index (χ1) is 10.3. The number of aromatic nitrogens is 2. The van der Waals surface area contributed by atoms with E-state index in [1.165, 1.54) is 11.1 Å². The van der Waals surface area contributed by atoms with E-state index in [4.69, 9.17) is 9.26 Å². The van der Waals surface area contributed by atoms with Gasteiger partial charge in [-0.2, -0.15) is 4.98 Å². The fourth-order valence-electron chi connectivity index (χ4n) is 2.82. The van der Waals surface area contributed by atoms with E-state index in [1.807, 2.05) is 6.07 Å². The average Bonchev–Trinajstić information content (AvgIpc) is 3.09. The number of aryl methyl sites for hydroxylation is 1. The van der Waals surface area contributed by atoms with Gasteiger partial charge in [0.05, 0.1) is 0 Å². The van der Waals surface area contributed by atoms with Crippen LogP contribution in [-0.4, -0.2) is 16.7 Å². The first-order valence-electron chi connectivity index (χ1n) is 7.55. The molecular formula is C16H21N3O2. The van der Waals surface area contributed by atoms with Crippen molar-refractivity contribution < 1.29 is 9.26 Å². The van der Waals surface area contributed by atoms with Crippen LogP contribution in [0.25, 0.3) is 0 Å². The molecule has 0 radical (unpaired) electrons. The van der Waals surface area contributed by atoms with E-state index in [0.717, 1.165) is 31.6 Å². The lowest BCUT2D eigenvalue weighted by atomic mass is 10.1. The standard InChI is InChI=1S/C16H21N3O2/c1-3-9-17-14-8-7-13-12(14)5-4-6-15(13)20-10-16-18-11(2)19-21-16/h4-6,14,17H,3,7-10H2,1-2H3. The minimum absolute atomic E-state index is 0.324. The molecule has 0 spiro atoms. The van der Waals surface area contributed by atoms with Crippen molar-refractivity contribution in [1.82, 2.24) is 15.5 Å². The van der Waals surface area contributed by atoms with Crippen molar-refractivity contribution in [3.63, 3.8) is 0 Å². The lowest BCUT2D eigenvalue weighted by molar-refractivity contribution is 0.241. The van der Waals surface area contributed by atoms with Gasteiger partial charge in [-0.25, -0.2) is 0 Å². The summed E-state index contributed by atoms with van der Waals surface area (Å²) in [6.45, 7) is 5.37. The number of fused-ring (bicyclic) bond motifs is 1. The lowest BCUT2D eigenvalue weighted by Gasteiger charge is -2.14. The van der Waals surface area contributed by atoms with Crippen LogP contribution in [0.15, 0.2) is 22.7 Å². The summed E-state index contributed by atoms with van der Waals surface area (Å²) in [5, 5.41) is 7.37. The average molecular weight is 287 g/mol. The van der Waals surface area contributed by atoms with Gasteiger partial charge in [0, 0.05) is 6.04 Å². The fraction of sp³-hybridized carbons (Fsp3) is 0.500. The van der Waals surface area contributed by atoms with Crippen LogP contribution in [0.4, 0.5) is 0 Å². The van der Waals surface area contributed by atoms with Gasteiger partial charge in [-0.3, -0.25) is 0 Å². The molecule has 5 nitrogen and oxygen atoms in total. The molecule has 1 aromatic carbocycles. The van der Waals surface area contributed by atoms with Gasteiger partial charge < -0.3 is 14.6 Å². The maximum absolute atomic E-state index is 5.88. The highest BCUT2D eigenvalue weighted by Crippen LogP contribution is 2.37. The molecule has 1 N–H and O–H groups in total. The van der Waals surface area contributed by atoms with Crippen LogP contribution in [-0.2, 0) is 13.0 Å². The maximum atomic E-state index is 5.88. The van der Waals surface area contributed by atoms with Crippen molar-refractivity contribution in [2.24, 2.45) is 0 Å². The second kappa shape index (κ2) is 6.26. The smallest absolute Gasteiger partial charge is 0.264 e. The van der Waals surface area contributed by atoms with Gasteiger partial charge in [-0.05, 0) is 49.9 Å². The highest BCUT2D eigenvalue weighted by molar-refractivity contribution is 5.45. The van der Waals surface area contributed by atoms with E-state index >= 15 is 0 Å². The van der Waals surface area contributed by atoms with E-state index in [9.17, 15) is 0 Å². The summed E-state index contributed by atoms with van der Waals surface area (Å²) in [7, 11) is 0. The zero-order chi connectivity index (χ0) is 14.7. The van der Waals surface area contributed by atoms with Crippen LogP contribution in [0.5, 0.6) is 5.75 Å². The fourth-order valence-corrected chi connectivity index (χ4v) is 2.82. The van der Waals surface area contributed by atoms with Crippen LogP contribution in [0.2, 0.25) is 0 Å². The van der Waals surface area contributed by atoms with Crippen molar-refractivity contribution in [2.45, 2.75) is 45.8 Å². The third-order valence-corrected chi connectivity index (χ3v) is 3.79. The summed E-state index contributed by atoms with van der Waals surface area (Å²) >= 11 is 0. The Morgan fingerprint density at radius 3 is 3.10 bits per heavy atom. The quantitative estimate of drug-likeness (QED) is 0.885. The number of benzene rings is 1. The molecule has 112 valence electrons. The summed E-state index contributed by atoms with van der Waals surface area (Å²) in [4.78, 5) is 4.16. The van der Waals surface area contributed by atoms with Crippen LogP contribution in [0, 0.1) is 6.92 Å². The first-order valence-corrected chi connectivity index (χ1v) is 7.55. The number of rotatable bonds is 6. The summed E-state index contributed by atoms with van der Waals surface area (Å²) in [5.74, 6) is 2.09. The van der Waals surface area contributed by atoms with Gasteiger partial charge in [-0.1, -0.05) is 24.2 Å². The molecule has 0 saturated carbocycles. The zero-order valence-electron chi connectivity index (χ0n) is 12.6. The molecule has 0 fully saturated rings. The van der Waals surface area contributed by atoms with Gasteiger partial charge in [0.1, 0.15) is 5.75 Å². The molecule has 21 heavy (non-hydrogen) atoms. The Hall–Kier alpha value is -1.88. The second-order valence-corrected chi connectivity index (χ2v) is 5.39. The Morgan fingerprint density at radius 1 is 1.43 bits per heavy atom. The predicted molar refractivity (Wildman–Crippen MR) is 79.2 cm³/mol.